The highest BCUT2D eigenvalue weighted by molar-refractivity contribution is 5.71. The van der Waals surface area contributed by atoms with Crippen molar-refractivity contribution < 1.29 is 23.9 Å². The van der Waals surface area contributed by atoms with Gasteiger partial charge in [-0.05, 0) is 25.7 Å². The molecule has 0 heterocycles. The first-order valence-corrected chi connectivity index (χ1v) is 10.8. The van der Waals surface area contributed by atoms with Gasteiger partial charge in [0.15, 0.2) is 6.10 Å². The average molecular weight is 397 g/mol. The number of rotatable bonds is 17. The number of carboxylic acids is 1. The second-order valence-electron chi connectivity index (χ2n) is 8.49. The lowest BCUT2D eigenvalue weighted by molar-refractivity contribution is -0.873. The number of carboxylic acid groups (broad SMARTS) is 1. The zero-order valence-electron chi connectivity index (χ0n) is 18.5. The van der Waals surface area contributed by atoms with E-state index in [0.29, 0.717) is 17.4 Å². The van der Waals surface area contributed by atoms with Crippen molar-refractivity contribution in [3.63, 3.8) is 0 Å². The fourth-order valence-electron chi connectivity index (χ4n) is 2.95. The second-order valence-corrected chi connectivity index (χ2v) is 8.49. The zero-order valence-corrected chi connectivity index (χ0v) is 18.5. The topological polar surface area (TPSA) is 63.6 Å². The number of ether oxygens (including phenoxy) is 1. The molecule has 0 aromatic rings. The van der Waals surface area contributed by atoms with Crippen molar-refractivity contribution in [2.75, 3.05) is 27.7 Å². The van der Waals surface area contributed by atoms with Gasteiger partial charge >= 0.3 is 11.9 Å². The Morgan fingerprint density at radius 1 is 0.929 bits per heavy atom. The summed E-state index contributed by atoms with van der Waals surface area (Å²) in [5.41, 5.74) is 0. The van der Waals surface area contributed by atoms with Crippen molar-refractivity contribution in [1.29, 1.82) is 0 Å². The van der Waals surface area contributed by atoms with Gasteiger partial charge in [0, 0.05) is 6.42 Å². The standard InChI is InChI=1S/C23H41NO4/c1-5-6-7-8-9-10-11-12-13-14-15-16-17-18-23(27)28-21(19-22(25)26)20-24(2,3)4/h7-10,21H,5-6,11-20H2,1-4H3/p+1/b8-7+,10-9+. The summed E-state index contributed by atoms with van der Waals surface area (Å²) in [6.07, 6.45) is 18.4. The van der Waals surface area contributed by atoms with Crippen LogP contribution in [0.5, 0.6) is 0 Å². The van der Waals surface area contributed by atoms with Crippen molar-refractivity contribution in [3.05, 3.63) is 24.3 Å². The minimum atomic E-state index is -0.932. The van der Waals surface area contributed by atoms with Crippen LogP contribution in [0.3, 0.4) is 0 Å². The van der Waals surface area contributed by atoms with Crippen LogP contribution >= 0.6 is 0 Å². The third-order valence-electron chi connectivity index (χ3n) is 4.29. The molecule has 0 radical (unpaired) electrons. The van der Waals surface area contributed by atoms with Crippen LogP contribution in [-0.4, -0.2) is 55.3 Å². The number of hydrogen-bond acceptors (Lipinski definition) is 3. The van der Waals surface area contributed by atoms with Crippen molar-refractivity contribution in [1.82, 2.24) is 0 Å². The van der Waals surface area contributed by atoms with E-state index in [9.17, 15) is 9.59 Å². The van der Waals surface area contributed by atoms with Gasteiger partial charge in [0.1, 0.15) is 6.54 Å². The van der Waals surface area contributed by atoms with Crippen molar-refractivity contribution in [2.24, 2.45) is 0 Å². The minimum Gasteiger partial charge on any atom is -0.481 e. The summed E-state index contributed by atoms with van der Waals surface area (Å²) in [7, 11) is 5.88. The summed E-state index contributed by atoms with van der Waals surface area (Å²) < 4.78 is 5.96. The third-order valence-corrected chi connectivity index (χ3v) is 4.29. The normalized spacial score (nSPS) is 13.3. The molecule has 0 amide bonds. The Kier molecular flexibility index (Phi) is 15.4. The molecule has 0 bridgehead atoms. The molecule has 0 rings (SSSR count). The predicted molar refractivity (Wildman–Crippen MR) is 115 cm³/mol. The lowest BCUT2D eigenvalue weighted by atomic mass is 10.1. The van der Waals surface area contributed by atoms with Crippen LogP contribution < -0.4 is 0 Å². The average Bonchev–Trinajstić information content (AvgIpc) is 2.56. The first-order valence-electron chi connectivity index (χ1n) is 10.8. The van der Waals surface area contributed by atoms with Gasteiger partial charge in [-0.15, -0.1) is 0 Å². The quantitative estimate of drug-likeness (QED) is 0.161. The molecule has 0 spiro atoms. The van der Waals surface area contributed by atoms with E-state index in [1.54, 1.807) is 0 Å². The van der Waals surface area contributed by atoms with Gasteiger partial charge in [-0.3, -0.25) is 9.59 Å². The number of aliphatic carboxylic acids is 1. The number of likely N-dealkylation sites (N-methyl/N-ethyl adjacent to an activating group) is 1. The monoisotopic (exact) mass is 396 g/mol. The van der Waals surface area contributed by atoms with E-state index in [1.165, 1.54) is 25.7 Å². The molecule has 0 aliphatic heterocycles. The van der Waals surface area contributed by atoms with E-state index in [4.69, 9.17) is 9.84 Å². The Balaban J connectivity index is 3.75. The molecule has 1 atom stereocenters. The maximum absolute atomic E-state index is 12.0. The summed E-state index contributed by atoms with van der Waals surface area (Å²) in [6.45, 7) is 2.68. The highest BCUT2D eigenvalue weighted by atomic mass is 16.5. The fourth-order valence-corrected chi connectivity index (χ4v) is 2.95. The molecule has 0 saturated heterocycles. The summed E-state index contributed by atoms with van der Waals surface area (Å²) in [6, 6.07) is 0. The number of allylic oxidation sites excluding steroid dienone is 4. The van der Waals surface area contributed by atoms with Gasteiger partial charge in [0.05, 0.1) is 27.6 Å². The highest BCUT2D eigenvalue weighted by Gasteiger charge is 2.24. The molecular weight excluding hydrogens is 354 g/mol. The lowest BCUT2D eigenvalue weighted by Crippen LogP contribution is -2.43. The van der Waals surface area contributed by atoms with Crippen LogP contribution in [0.25, 0.3) is 0 Å². The molecule has 162 valence electrons. The molecule has 0 aliphatic rings. The maximum atomic E-state index is 12.0. The molecule has 28 heavy (non-hydrogen) atoms. The third kappa shape index (κ3) is 19.2. The Morgan fingerprint density at radius 2 is 1.50 bits per heavy atom. The van der Waals surface area contributed by atoms with Gasteiger partial charge in [0.25, 0.3) is 0 Å². The smallest absolute Gasteiger partial charge is 0.307 e. The number of carbonyl (C=O) groups is 2. The van der Waals surface area contributed by atoms with E-state index >= 15 is 0 Å². The molecule has 1 unspecified atom stereocenters. The molecule has 0 aromatic heterocycles. The summed E-state index contributed by atoms with van der Waals surface area (Å²) in [5, 5.41) is 8.99. The molecule has 0 aliphatic carbocycles. The Morgan fingerprint density at radius 3 is 2.07 bits per heavy atom. The molecule has 5 heteroatoms. The van der Waals surface area contributed by atoms with Gasteiger partial charge in [-0.1, -0.05) is 63.3 Å². The van der Waals surface area contributed by atoms with Crippen LogP contribution in [0, 0.1) is 0 Å². The molecule has 0 saturated carbocycles. The molecule has 0 aromatic carbocycles. The van der Waals surface area contributed by atoms with Crippen LogP contribution in [0.1, 0.15) is 77.6 Å². The van der Waals surface area contributed by atoms with Gasteiger partial charge in [-0.2, -0.15) is 0 Å². The summed E-state index contributed by atoms with van der Waals surface area (Å²) >= 11 is 0. The zero-order chi connectivity index (χ0) is 21.3. The number of quaternary nitrogens is 1. The van der Waals surface area contributed by atoms with Crippen LogP contribution in [-0.2, 0) is 14.3 Å². The number of nitrogens with zero attached hydrogens (tertiary/aromatic N) is 1. The number of unbranched alkanes of at least 4 members (excludes halogenated alkanes) is 7. The van der Waals surface area contributed by atoms with E-state index in [2.05, 4.69) is 31.2 Å². The number of hydrogen-bond donors (Lipinski definition) is 1. The van der Waals surface area contributed by atoms with Crippen LogP contribution in [0.4, 0.5) is 0 Å². The van der Waals surface area contributed by atoms with Gasteiger partial charge in [0.2, 0.25) is 0 Å². The molecular formula is C23H42NO4+. The van der Waals surface area contributed by atoms with Gasteiger partial charge < -0.3 is 14.3 Å². The minimum absolute atomic E-state index is 0.135. The first-order chi connectivity index (χ1) is 13.2. The lowest BCUT2D eigenvalue weighted by Gasteiger charge is -2.28. The summed E-state index contributed by atoms with van der Waals surface area (Å²) in [5.74, 6) is -1.21. The molecule has 1 N–H and O–H groups in total. The maximum Gasteiger partial charge on any atom is 0.307 e. The highest BCUT2D eigenvalue weighted by Crippen LogP contribution is 2.11. The van der Waals surface area contributed by atoms with Crippen molar-refractivity contribution in [2.45, 2.75) is 83.7 Å². The Hall–Kier alpha value is -1.62. The van der Waals surface area contributed by atoms with E-state index < -0.39 is 12.1 Å². The second kappa shape index (κ2) is 16.3. The van der Waals surface area contributed by atoms with Crippen molar-refractivity contribution in [3.8, 4) is 0 Å². The van der Waals surface area contributed by atoms with E-state index in [1.807, 2.05) is 21.1 Å². The van der Waals surface area contributed by atoms with Crippen LogP contribution in [0.2, 0.25) is 0 Å². The number of esters is 1. The SMILES string of the molecule is CCC/C=C/C=C/CCCCCCCCC(=O)OC(CC(=O)O)C[N+](C)(C)C. The van der Waals surface area contributed by atoms with E-state index in [-0.39, 0.29) is 12.4 Å². The largest absolute Gasteiger partial charge is 0.481 e. The van der Waals surface area contributed by atoms with Crippen molar-refractivity contribution >= 4 is 11.9 Å². The summed E-state index contributed by atoms with van der Waals surface area (Å²) in [4.78, 5) is 22.9. The predicted octanol–water partition coefficient (Wildman–Crippen LogP) is 5.11. The first kappa shape index (κ1) is 26.4. The number of carbonyl (C=O) groups excluding carboxylic acids is 1. The van der Waals surface area contributed by atoms with Crippen LogP contribution in [0.15, 0.2) is 24.3 Å². The Labute approximate surface area is 172 Å². The van der Waals surface area contributed by atoms with Gasteiger partial charge in [-0.25, -0.2) is 0 Å². The molecule has 0 fully saturated rings. The molecule has 5 nitrogen and oxygen atoms in total. The fraction of sp³-hybridized carbons (Fsp3) is 0.739. The van der Waals surface area contributed by atoms with E-state index in [0.717, 1.165) is 32.1 Å². The Bertz CT molecular complexity index is 477.